The van der Waals surface area contributed by atoms with E-state index in [9.17, 15) is 14.0 Å². The van der Waals surface area contributed by atoms with Gasteiger partial charge in [-0.1, -0.05) is 24.3 Å². The fourth-order valence-electron chi connectivity index (χ4n) is 2.30. The Bertz CT molecular complexity index is 716. The van der Waals surface area contributed by atoms with Crippen molar-refractivity contribution < 1.29 is 18.7 Å². The summed E-state index contributed by atoms with van der Waals surface area (Å²) in [5.74, 6) is -0.731. The van der Waals surface area contributed by atoms with Crippen molar-refractivity contribution in [3.05, 3.63) is 65.5 Å². The number of rotatable bonds is 7. The van der Waals surface area contributed by atoms with Crippen LogP contribution in [0.15, 0.2) is 48.5 Å². The lowest BCUT2D eigenvalue weighted by Gasteiger charge is -2.16. The van der Waals surface area contributed by atoms with Gasteiger partial charge in [-0.3, -0.25) is 9.59 Å². The number of primary amides is 1. The first-order valence-electron chi connectivity index (χ1n) is 7.44. The van der Waals surface area contributed by atoms with Crippen LogP contribution in [0.4, 0.5) is 4.39 Å². The number of hydrogen-bond donors (Lipinski definition) is 2. The van der Waals surface area contributed by atoms with E-state index in [0.717, 1.165) is 5.56 Å². The maximum atomic E-state index is 13.1. The average Bonchev–Trinajstić information content (AvgIpc) is 2.54. The van der Waals surface area contributed by atoms with Gasteiger partial charge in [-0.2, -0.15) is 0 Å². The van der Waals surface area contributed by atoms with E-state index in [-0.39, 0.29) is 12.8 Å². The van der Waals surface area contributed by atoms with Gasteiger partial charge >= 0.3 is 0 Å². The van der Waals surface area contributed by atoms with Crippen molar-refractivity contribution in [1.82, 2.24) is 5.32 Å². The van der Waals surface area contributed by atoms with E-state index in [1.54, 1.807) is 37.4 Å². The Balaban J connectivity index is 1.99. The van der Waals surface area contributed by atoms with Gasteiger partial charge in [0.25, 0.3) is 0 Å². The molecule has 0 spiro atoms. The highest BCUT2D eigenvalue weighted by atomic mass is 19.1. The predicted octanol–water partition coefficient (Wildman–Crippen LogP) is 1.59. The first-order valence-corrected chi connectivity index (χ1v) is 7.44. The summed E-state index contributed by atoms with van der Waals surface area (Å²) in [4.78, 5) is 23.7. The smallest absolute Gasteiger partial charge is 0.240 e. The molecule has 0 radical (unpaired) electrons. The summed E-state index contributed by atoms with van der Waals surface area (Å²) in [6.45, 7) is 0. The normalized spacial score (nSPS) is 11.6. The van der Waals surface area contributed by atoms with Gasteiger partial charge in [-0.25, -0.2) is 4.39 Å². The van der Waals surface area contributed by atoms with E-state index in [4.69, 9.17) is 10.5 Å². The van der Waals surface area contributed by atoms with Crippen LogP contribution < -0.4 is 15.8 Å². The molecule has 3 N–H and O–H groups in total. The third-order valence-corrected chi connectivity index (χ3v) is 3.53. The number of amides is 2. The average molecular weight is 330 g/mol. The summed E-state index contributed by atoms with van der Waals surface area (Å²) in [6, 6.07) is 12.1. The number of halogens is 1. The number of nitrogens with one attached hydrogen (secondary N) is 1. The Morgan fingerprint density at radius 2 is 1.88 bits per heavy atom. The molecule has 1 atom stereocenters. The van der Waals surface area contributed by atoms with Crippen molar-refractivity contribution in [3.63, 3.8) is 0 Å². The fraction of sp³-hybridized carbons (Fsp3) is 0.222. The minimum atomic E-state index is -0.834. The highest BCUT2D eigenvalue weighted by Gasteiger charge is 2.19. The number of methoxy groups -OCH3 is 1. The minimum absolute atomic E-state index is 0.0237. The van der Waals surface area contributed by atoms with Crippen LogP contribution >= 0.6 is 0 Å². The van der Waals surface area contributed by atoms with E-state index in [0.29, 0.717) is 11.3 Å². The molecule has 0 aliphatic rings. The van der Waals surface area contributed by atoms with E-state index >= 15 is 0 Å². The lowest BCUT2D eigenvalue weighted by atomic mass is 10.0. The Morgan fingerprint density at radius 1 is 1.17 bits per heavy atom. The second kappa shape index (κ2) is 8.10. The van der Waals surface area contributed by atoms with Gasteiger partial charge in [0.05, 0.1) is 13.5 Å². The SMILES string of the molecule is COc1ccc(C[C@@H](NC(=O)Cc2cccc(F)c2)C(N)=O)cc1. The fourth-order valence-corrected chi connectivity index (χ4v) is 2.30. The largest absolute Gasteiger partial charge is 0.497 e. The molecule has 6 heteroatoms. The van der Waals surface area contributed by atoms with Crippen LogP contribution in [0.3, 0.4) is 0 Å². The Hall–Kier alpha value is -2.89. The van der Waals surface area contributed by atoms with Gasteiger partial charge in [0.15, 0.2) is 0 Å². The highest BCUT2D eigenvalue weighted by Crippen LogP contribution is 2.13. The second-order valence-corrected chi connectivity index (χ2v) is 5.38. The lowest BCUT2D eigenvalue weighted by Crippen LogP contribution is -2.46. The predicted molar refractivity (Wildman–Crippen MR) is 87.9 cm³/mol. The quantitative estimate of drug-likeness (QED) is 0.809. The molecule has 2 amide bonds. The van der Waals surface area contributed by atoms with E-state index in [1.807, 2.05) is 0 Å². The van der Waals surface area contributed by atoms with E-state index < -0.39 is 23.7 Å². The summed E-state index contributed by atoms with van der Waals surface area (Å²) in [5, 5.41) is 2.59. The third kappa shape index (κ3) is 5.08. The summed E-state index contributed by atoms with van der Waals surface area (Å²) in [5.41, 5.74) is 6.73. The molecular formula is C18H19FN2O3. The van der Waals surface area contributed by atoms with Crippen LogP contribution in [0.5, 0.6) is 5.75 Å². The molecule has 2 rings (SSSR count). The topological polar surface area (TPSA) is 81.4 Å². The zero-order valence-electron chi connectivity index (χ0n) is 13.3. The third-order valence-electron chi connectivity index (χ3n) is 3.53. The van der Waals surface area contributed by atoms with Gasteiger partial charge in [-0.05, 0) is 35.4 Å². The van der Waals surface area contributed by atoms with Crippen LogP contribution in [-0.2, 0) is 22.4 Å². The summed E-state index contributed by atoms with van der Waals surface area (Å²) in [6.07, 6.45) is 0.248. The van der Waals surface area contributed by atoms with Crippen LogP contribution in [0.2, 0.25) is 0 Å². The molecule has 0 saturated carbocycles. The Kier molecular flexibility index (Phi) is 5.89. The molecule has 2 aromatic rings. The van der Waals surface area contributed by atoms with Crippen LogP contribution in [-0.4, -0.2) is 25.0 Å². The van der Waals surface area contributed by atoms with E-state index in [1.165, 1.54) is 18.2 Å². The standard InChI is InChI=1S/C18H19FN2O3/c1-24-15-7-5-12(6-8-15)10-16(18(20)23)21-17(22)11-13-3-2-4-14(19)9-13/h2-9,16H,10-11H2,1H3,(H2,20,23)(H,21,22)/t16-/m1/s1. The highest BCUT2D eigenvalue weighted by molar-refractivity contribution is 5.87. The number of ether oxygens (including phenoxy) is 1. The molecule has 0 saturated heterocycles. The zero-order valence-corrected chi connectivity index (χ0v) is 13.3. The lowest BCUT2D eigenvalue weighted by molar-refractivity contribution is -0.127. The molecule has 24 heavy (non-hydrogen) atoms. The van der Waals surface area contributed by atoms with E-state index in [2.05, 4.69) is 5.32 Å². The monoisotopic (exact) mass is 330 g/mol. The minimum Gasteiger partial charge on any atom is -0.497 e. The number of nitrogens with two attached hydrogens (primary N) is 1. The molecule has 2 aromatic carbocycles. The number of carbonyl (C=O) groups excluding carboxylic acids is 2. The molecule has 0 aromatic heterocycles. The van der Waals surface area contributed by atoms with Crippen LogP contribution in [0, 0.1) is 5.82 Å². The second-order valence-electron chi connectivity index (χ2n) is 5.38. The van der Waals surface area contributed by atoms with Crippen molar-refractivity contribution in [2.45, 2.75) is 18.9 Å². The van der Waals surface area contributed by atoms with Crippen LogP contribution in [0.1, 0.15) is 11.1 Å². The molecule has 5 nitrogen and oxygen atoms in total. The zero-order chi connectivity index (χ0) is 17.5. The van der Waals surface area contributed by atoms with Crippen molar-refractivity contribution in [3.8, 4) is 5.75 Å². The van der Waals surface area contributed by atoms with Crippen LogP contribution in [0.25, 0.3) is 0 Å². The molecule has 0 fully saturated rings. The van der Waals surface area contributed by atoms with Gasteiger partial charge in [0, 0.05) is 6.42 Å². The molecule has 126 valence electrons. The molecule has 0 heterocycles. The molecule has 0 unspecified atom stereocenters. The van der Waals surface area contributed by atoms with Gasteiger partial charge < -0.3 is 15.8 Å². The summed E-state index contributed by atoms with van der Waals surface area (Å²) in [7, 11) is 1.56. The van der Waals surface area contributed by atoms with Gasteiger partial charge in [0.2, 0.25) is 11.8 Å². The molecule has 0 bridgehead atoms. The number of benzene rings is 2. The Labute approximate surface area is 139 Å². The molecule has 0 aliphatic heterocycles. The summed E-state index contributed by atoms with van der Waals surface area (Å²) < 4.78 is 18.2. The van der Waals surface area contributed by atoms with Crippen molar-refractivity contribution in [2.24, 2.45) is 5.73 Å². The van der Waals surface area contributed by atoms with Crippen molar-refractivity contribution in [2.75, 3.05) is 7.11 Å². The van der Waals surface area contributed by atoms with Gasteiger partial charge in [0.1, 0.15) is 17.6 Å². The van der Waals surface area contributed by atoms with Crippen molar-refractivity contribution in [1.29, 1.82) is 0 Å². The first-order chi connectivity index (χ1) is 11.5. The maximum Gasteiger partial charge on any atom is 0.240 e. The Morgan fingerprint density at radius 3 is 2.46 bits per heavy atom. The number of hydrogen-bond acceptors (Lipinski definition) is 3. The number of carbonyl (C=O) groups is 2. The van der Waals surface area contributed by atoms with Gasteiger partial charge in [-0.15, -0.1) is 0 Å². The first kappa shape index (κ1) is 17.5. The molecular weight excluding hydrogens is 311 g/mol. The summed E-state index contributed by atoms with van der Waals surface area (Å²) >= 11 is 0. The van der Waals surface area contributed by atoms with Crippen molar-refractivity contribution >= 4 is 11.8 Å². The maximum absolute atomic E-state index is 13.1. The molecule has 0 aliphatic carbocycles.